The first-order chi connectivity index (χ1) is 10.6. The molecule has 128 valence electrons. The van der Waals surface area contributed by atoms with Crippen LogP contribution in [0.4, 0.5) is 10.5 Å². The van der Waals surface area contributed by atoms with E-state index >= 15 is 0 Å². The maximum atomic E-state index is 12.5. The summed E-state index contributed by atoms with van der Waals surface area (Å²) in [5.74, 6) is -0.324. The molecule has 0 saturated carbocycles. The third kappa shape index (κ3) is 6.95. The second-order valence-corrected chi connectivity index (χ2v) is 7.47. The van der Waals surface area contributed by atoms with Crippen LogP contribution in [0.25, 0.3) is 0 Å². The highest BCUT2D eigenvalue weighted by atomic mass is 32.2. The number of hydrogen-bond donors (Lipinski definition) is 2. The first-order valence-corrected chi connectivity index (χ1v) is 8.79. The standard InChI is InChI=1S/C17H26N2O3S/c1-11(2)14(19-16(21)22-17(3,4)5)15(20)18-12-8-7-9-13(10-12)23-6/h7-11,14H,1-6H3,(H,18,20)(H,19,21). The lowest BCUT2D eigenvalue weighted by Crippen LogP contribution is -2.48. The van der Waals surface area contributed by atoms with Crippen molar-refractivity contribution in [1.82, 2.24) is 5.32 Å². The zero-order valence-corrected chi connectivity index (χ0v) is 15.4. The topological polar surface area (TPSA) is 67.4 Å². The maximum absolute atomic E-state index is 12.5. The van der Waals surface area contributed by atoms with Crippen LogP contribution in [0.1, 0.15) is 34.6 Å². The van der Waals surface area contributed by atoms with Gasteiger partial charge in [0.15, 0.2) is 0 Å². The predicted molar refractivity (Wildman–Crippen MR) is 94.8 cm³/mol. The van der Waals surface area contributed by atoms with Gasteiger partial charge in [-0.2, -0.15) is 0 Å². The van der Waals surface area contributed by atoms with E-state index in [-0.39, 0.29) is 11.8 Å². The fraction of sp³-hybridized carbons (Fsp3) is 0.529. The Hall–Kier alpha value is -1.69. The summed E-state index contributed by atoms with van der Waals surface area (Å²) in [6, 6.07) is 6.91. The van der Waals surface area contributed by atoms with Crippen LogP contribution >= 0.6 is 11.8 Å². The normalized spacial score (nSPS) is 12.7. The van der Waals surface area contributed by atoms with Crippen LogP contribution in [0.15, 0.2) is 29.2 Å². The van der Waals surface area contributed by atoms with Crippen molar-refractivity contribution in [1.29, 1.82) is 0 Å². The van der Waals surface area contributed by atoms with Crippen LogP contribution in [-0.2, 0) is 9.53 Å². The first-order valence-electron chi connectivity index (χ1n) is 7.57. The number of rotatable bonds is 5. The van der Waals surface area contributed by atoms with Crippen molar-refractivity contribution in [3.63, 3.8) is 0 Å². The molecule has 0 aliphatic carbocycles. The Bertz CT molecular complexity index is 553. The summed E-state index contributed by atoms with van der Waals surface area (Å²) in [7, 11) is 0. The summed E-state index contributed by atoms with van der Waals surface area (Å²) in [6.45, 7) is 9.10. The Morgan fingerprint density at radius 1 is 1.22 bits per heavy atom. The summed E-state index contributed by atoms with van der Waals surface area (Å²) in [4.78, 5) is 25.4. The molecule has 0 fully saturated rings. The number of benzene rings is 1. The van der Waals surface area contributed by atoms with Gasteiger partial charge in [-0.05, 0) is 51.1 Å². The van der Waals surface area contributed by atoms with Crippen molar-refractivity contribution < 1.29 is 14.3 Å². The highest BCUT2D eigenvalue weighted by Crippen LogP contribution is 2.19. The maximum Gasteiger partial charge on any atom is 0.408 e. The molecule has 1 aromatic rings. The van der Waals surface area contributed by atoms with E-state index < -0.39 is 17.7 Å². The van der Waals surface area contributed by atoms with E-state index in [1.165, 1.54) is 0 Å². The van der Waals surface area contributed by atoms with Gasteiger partial charge < -0.3 is 15.4 Å². The van der Waals surface area contributed by atoms with Crippen molar-refractivity contribution in [2.24, 2.45) is 5.92 Å². The number of alkyl carbamates (subject to hydrolysis) is 1. The molecular weight excluding hydrogens is 312 g/mol. The number of anilines is 1. The average molecular weight is 338 g/mol. The summed E-state index contributed by atoms with van der Waals surface area (Å²) in [5, 5.41) is 5.49. The molecule has 1 unspecified atom stereocenters. The second kappa shape index (κ2) is 8.24. The fourth-order valence-electron chi connectivity index (χ4n) is 1.89. The van der Waals surface area contributed by atoms with Gasteiger partial charge in [-0.3, -0.25) is 4.79 Å². The van der Waals surface area contributed by atoms with Gasteiger partial charge in [-0.25, -0.2) is 4.79 Å². The number of carbonyl (C=O) groups excluding carboxylic acids is 2. The molecule has 0 aliphatic rings. The van der Waals surface area contributed by atoms with Gasteiger partial charge in [-0.15, -0.1) is 11.8 Å². The van der Waals surface area contributed by atoms with Gasteiger partial charge in [0.25, 0.3) is 0 Å². The smallest absolute Gasteiger partial charge is 0.408 e. The quantitative estimate of drug-likeness (QED) is 0.799. The molecule has 0 aromatic heterocycles. The zero-order valence-electron chi connectivity index (χ0n) is 14.6. The van der Waals surface area contributed by atoms with E-state index in [2.05, 4.69) is 10.6 Å². The van der Waals surface area contributed by atoms with E-state index in [4.69, 9.17) is 4.74 Å². The highest BCUT2D eigenvalue weighted by molar-refractivity contribution is 7.98. The van der Waals surface area contributed by atoms with E-state index in [1.54, 1.807) is 32.5 Å². The third-order valence-corrected chi connectivity index (χ3v) is 3.68. The molecule has 0 aliphatic heterocycles. The van der Waals surface area contributed by atoms with E-state index in [9.17, 15) is 9.59 Å². The molecule has 0 radical (unpaired) electrons. The molecule has 1 rings (SSSR count). The molecule has 2 amide bonds. The lowest BCUT2D eigenvalue weighted by molar-refractivity contribution is -0.119. The van der Waals surface area contributed by atoms with Gasteiger partial charge in [0, 0.05) is 10.6 Å². The van der Waals surface area contributed by atoms with Crippen LogP contribution in [0.3, 0.4) is 0 Å². The Labute approximate surface area is 142 Å². The first kappa shape index (κ1) is 19.4. The van der Waals surface area contributed by atoms with Crippen LogP contribution in [-0.4, -0.2) is 29.9 Å². The molecule has 0 spiro atoms. The lowest BCUT2D eigenvalue weighted by Gasteiger charge is -2.25. The number of carbonyl (C=O) groups is 2. The SMILES string of the molecule is CSc1cccc(NC(=O)C(NC(=O)OC(C)(C)C)C(C)C)c1. The van der Waals surface area contributed by atoms with Gasteiger partial charge >= 0.3 is 6.09 Å². The molecule has 2 N–H and O–H groups in total. The number of thioether (sulfide) groups is 1. The minimum absolute atomic E-state index is 0.0637. The monoisotopic (exact) mass is 338 g/mol. The van der Waals surface area contributed by atoms with Crippen molar-refractivity contribution in [3.8, 4) is 0 Å². The van der Waals surface area contributed by atoms with Gasteiger partial charge in [0.1, 0.15) is 11.6 Å². The van der Waals surface area contributed by atoms with Crippen molar-refractivity contribution >= 4 is 29.4 Å². The predicted octanol–water partition coefficient (Wildman–Crippen LogP) is 3.90. The average Bonchev–Trinajstić information content (AvgIpc) is 2.42. The van der Waals surface area contributed by atoms with Gasteiger partial charge in [0.2, 0.25) is 5.91 Å². The Morgan fingerprint density at radius 3 is 2.39 bits per heavy atom. The van der Waals surface area contributed by atoms with E-state index in [0.29, 0.717) is 5.69 Å². The Balaban J connectivity index is 2.76. The largest absolute Gasteiger partial charge is 0.444 e. The van der Waals surface area contributed by atoms with Crippen molar-refractivity contribution in [2.75, 3.05) is 11.6 Å². The summed E-state index contributed by atoms with van der Waals surface area (Å²) >= 11 is 1.60. The lowest BCUT2D eigenvalue weighted by atomic mass is 10.0. The highest BCUT2D eigenvalue weighted by Gasteiger charge is 2.27. The van der Waals surface area contributed by atoms with Gasteiger partial charge in [0.05, 0.1) is 0 Å². The Kier molecular flexibility index (Phi) is 6.94. The van der Waals surface area contributed by atoms with E-state index in [1.807, 2.05) is 44.4 Å². The van der Waals surface area contributed by atoms with Crippen LogP contribution in [0, 0.1) is 5.92 Å². The molecular formula is C17H26N2O3S. The van der Waals surface area contributed by atoms with Crippen LogP contribution < -0.4 is 10.6 Å². The Morgan fingerprint density at radius 2 is 1.87 bits per heavy atom. The number of amides is 2. The summed E-state index contributed by atoms with van der Waals surface area (Å²) in [5.41, 5.74) is 0.105. The van der Waals surface area contributed by atoms with Crippen LogP contribution in [0.2, 0.25) is 0 Å². The molecule has 0 heterocycles. The fourth-order valence-corrected chi connectivity index (χ4v) is 2.35. The third-order valence-electron chi connectivity index (χ3n) is 2.96. The molecule has 1 atom stereocenters. The zero-order chi connectivity index (χ0) is 17.6. The number of ether oxygens (including phenoxy) is 1. The van der Waals surface area contributed by atoms with Gasteiger partial charge in [-0.1, -0.05) is 19.9 Å². The molecule has 23 heavy (non-hydrogen) atoms. The van der Waals surface area contributed by atoms with Crippen molar-refractivity contribution in [3.05, 3.63) is 24.3 Å². The van der Waals surface area contributed by atoms with Crippen LogP contribution in [0.5, 0.6) is 0 Å². The summed E-state index contributed by atoms with van der Waals surface area (Å²) < 4.78 is 5.22. The number of nitrogens with one attached hydrogen (secondary N) is 2. The minimum Gasteiger partial charge on any atom is -0.444 e. The molecule has 5 nitrogen and oxygen atoms in total. The summed E-state index contributed by atoms with van der Waals surface area (Å²) in [6.07, 6.45) is 1.38. The molecule has 0 bridgehead atoms. The van der Waals surface area contributed by atoms with Crippen molar-refractivity contribution in [2.45, 2.75) is 51.2 Å². The minimum atomic E-state index is -0.664. The van der Waals surface area contributed by atoms with E-state index in [0.717, 1.165) is 4.90 Å². The second-order valence-electron chi connectivity index (χ2n) is 6.59. The molecule has 6 heteroatoms. The molecule has 1 aromatic carbocycles. The number of hydrogen-bond acceptors (Lipinski definition) is 4. The molecule has 0 saturated heterocycles.